The molecule has 1 aromatic carbocycles. The van der Waals surface area contributed by atoms with E-state index in [9.17, 15) is 17.2 Å². The SMILES string of the molecule is N#Cc1ccc(S(=O)(=O)Nc2c(F)cccc2F)s1. The Kier molecular flexibility index (Phi) is 3.50. The zero-order chi connectivity index (χ0) is 14.0. The summed E-state index contributed by atoms with van der Waals surface area (Å²) in [4.78, 5) is 0.189. The summed E-state index contributed by atoms with van der Waals surface area (Å²) in [5.41, 5.74) is -0.741. The summed E-state index contributed by atoms with van der Waals surface area (Å²) >= 11 is 0.714. The van der Waals surface area contributed by atoms with Crippen LogP contribution in [0.4, 0.5) is 14.5 Å². The van der Waals surface area contributed by atoms with Gasteiger partial charge in [0.25, 0.3) is 10.0 Å². The molecule has 19 heavy (non-hydrogen) atoms. The van der Waals surface area contributed by atoms with E-state index in [-0.39, 0.29) is 9.09 Å². The van der Waals surface area contributed by atoms with Gasteiger partial charge in [0.15, 0.2) is 0 Å². The molecule has 0 saturated carbocycles. The van der Waals surface area contributed by atoms with Crippen molar-refractivity contribution < 1.29 is 17.2 Å². The molecule has 2 rings (SSSR count). The molecule has 0 aliphatic rings. The van der Waals surface area contributed by atoms with Crippen molar-refractivity contribution in [1.82, 2.24) is 0 Å². The maximum Gasteiger partial charge on any atom is 0.271 e. The number of para-hydroxylation sites is 1. The van der Waals surface area contributed by atoms with Gasteiger partial charge in [-0.3, -0.25) is 4.72 Å². The molecule has 1 heterocycles. The Balaban J connectivity index is 2.40. The van der Waals surface area contributed by atoms with E-state index in [1.54, 1.807) is 6.07 Å². The molecule has 0 bridgehead atoms. The zero-order valence-corrected chi connectivity index (χ0v) is 10.9. The van der Waals surface area contributed by atoms with Crippen LogP contribution in [0.3, 0.4) is 0 Å². The van der Waals surface area contributed by atoms with Gasteiger partial charge in [-0.05, 0) is 24.3 Å². The normalized spacial score (nSPS) is 11.0. The molecule has 0 atom stereocenters. The number of nitriles is 1. The summed E-state index contributed by atoms with van der Waals surface area (Å²) in [5.74, 6) is -2.03. The largest absolute Gasteiger partial charge is 0.273 e. The van der Waals surface area contributed by atoms with Crippen molar-refractivity contribution in [3.05, 3.63) is 46.8 Å². The van der Waals surface area contributed by atoms with Crippen LogP contribution in [0.25, 0.3) is 0 Å². The molecule has 0 spiro atoms. The van der Waals surface area contributed by atoms with Crippen LogP contribution in [0.5, 0.6) is 0 Å². The van der Waals surface area contributed by atoms with Gasteiger partial charge in [-0.15, -0.1) is 11.3 Å². The van der Waals surface area contributed by atoms with Crippen molar-refractivity contribution in [1.29, 1.82) is 5.26 Å². The highest BCUT2D eigenvalue weighted by atomic mass is 32.2. The predicted octanol–water partition coefficient (Wildman–Crippen LogP) is 2.70. The van der Waals surface area contributed by atoms with Crippen molar-refractivity contribution in [3.63, 3.8) is 0 Å². The minimum Gasteiger partial charge on any atom is -0.273 e. The Morgan fingerprint density at radius 1 is 1.16 bits per heavy atom. The minimum absolute atomic E-state index is 0.188. The van der Waals surface area contributed by atoms with Gasteiger partial charge in [-0.25, -0.2) is 17.2 Å². The molecule has 0 fully saturated rings. The lowest BCUT2D eigenvalue weighted by Crippen LogP contribution is -2.13. The van der Waals surface area contributed by atoms with E-state index in [1.807, 2.05) is 4.72 Å². The number of halogens is 2. The summed E-state index contributed by atoms with van der Waals surface area (Å²) < 4.78 is 52.1. The molecule has 0 aliphatic heterocycles. The summed E-state index contributed by atoms with van der Waals surface area (Å²) in [6.45, 7) is 0. The van der Waals surface area contributed by atoms with E-state index < -0.39 is 27.3 Å². The summed E-state index contributed by atoms with van der Waals surface area (Å²) in [5, 5.41) is 8.62. The third kappa shape index (κ3) is 2.72. The lowest BCUT2D eigenvalue weighted by molar-refractivity contribution is 0.583. The second kappa shape index (κ2) is 4.95. The Bertz CT molecular complexity index is 743. The van der Waals surface area contributed by atoms with Crippen LogP contribution < -0.4 is 4.72 Å². The Hall–Kier alpha value is -1.98. The summed E-state index contributed by atoms with van der Waals surface area (Å²) in [6, 6.07) is 7.31. The van der Waals surface area contributed by atoms with E-state index in [2.05, 4.69) is 0 Å². The molecule has 0 unspecified atom stereocenters. The number of nitrogens with one attached hydrogen (secondary N) is 1. The van der Waals surface area contributed by atoms with Crippen LogP contribution >= 0.6 is 11.3 Å². The van der Waals surface area contributed by atoms with E-state index in [0.717, 1.165) is 18.2 Å². The number of rotatable bonds is 3. The number of hydrogen-bond acceptors (Lipinski definition) is 4. The van der Waals surface area contributed by atoms with Crippen molar-refractivity contribution in [2.75, 3.05) is 4.72 Å². The predicted molar refractivity (Wildman–Crippen MR) is 66.2 cm³/mol. The maximum atomic E-state index is 13.4. The van der Waals surface area contributed by atoms with Crippen molar-refractivity contribution >= 4 is 27.0 Å². The molecule has 2 aromatic rings. The third-order valence-corrected chi connectivity index (χ3v) is 4.99. The fourth-order valence-electron chi connectivity index (χ4n) is 1.30. The average Bonchev–Trinajstić information content (AvgIpc) is 2.83. The van der Waals surface area contributed by atoms with Crippen LogP contribution in [0.2, 0.25) is 0 Å². The third-order valence-electron chi connectivity index (χ3n) is 2.16. The standard InChI is InChI=1S/C11H6F2N2O2S2/c12-8-2-1-3-9(13)11(8)15-19(16,17)10-5-4-7(6-14)18-10/h1-5,15H. The smallest absolute Gasteiger partial charge is 0.271 e. The lowest BCUT2D eigenvalue weighted by atomic mass is 10.3. The Labute approximate surface area is 112 Å². The quantitative estimate of drug-likeness (QED) is 0.947. The number of sulfonamides is 1. The van der Waals surface area contributed by atoms with Crippen LogP contribution in [-0.2, 0) is 10.0 Å². The maximum absolute atomic E-state index is 13.4. The van der Waals surface area contributed by atoms with Gasteiger partial charge >= 0.3 is 0 Å². The fourth-order valence-corrected chi connectivity index (χ4v) is 3.48. The monoisotopic (exact) mass is 300 g/mol. The van der Waals surface area contributed by atoms with Crippen LogP contribution in [0.15, 0.2) is 34.5 Å². The number of anilines is 1. The average molecular weight is 300 g/mol. The van der Waals surface area contributed by atoms with Crippen molar-refractivity contribution in [2.24, 2.45) is 0 Å². The number of benzene rings is 1. The van der Waals surface area contributed by atoms with Crippen LogP contribution in [-0.4, -0.2) is 8.42 Å². The minimum atomic E-state index is -4.11. The first kappa shape index (κ1) is 13.5. The van der Waals surface area contributed by atoms with Crippen LogP contribution in [0, 0.1) is 23.0 Å². The summed E-state index contributed by atoms with van der Waals surface area (Å²) in [6.07, 6.45) is 0. The van der Waals surface area contributed by atoms with Gasteiger partial charge in [0, 0.05) is 0 Å². The highest BCUT2D eigenvalue weighted by Crippen LogP contribution is 2.26. The molecule has 0 radical (unpaired) electrons. The highest BCUT2D eigenvalue weighted by molar-refractivity contribution is 7.94. The van der Waals surface area contributed by atoms with Crippen molar-refractivity contribution in [2.45, 2.75) is 4.21 Å². The molecule has 0 aliphatic carbocycles. The number of hydrogen-bond donors (Lipinski definition) is 1. The van der Waals surface area contributed by atoms with E-state index >= 15 is 0 Å². The highest BCUT2D eigenvalue weighted by Gasteiger charge is 2.20. The number of thiophene rings is 1. The van der Waals surface area contributed by atoms with Gasteiger partial charge in [-0.2, -0.15) is 5.26 Å². The first-order valence-corrected chi connectivity index (χ1v) is 7.21. The molecule has 0 saturated heterocycles. The van der Waals surface area contributed by atoms with Gasteiger partial charge < -0.3 is 0 Å². The molecular weight excluding hydrogens is 294 g/mol. The molecular formula is C11H6F2N2O2S2. The lowest BCUT2D eigenvalue weighted by Gasteiger charge is -2.07. The molecule has 98 valence electrons. The second-order valence-corrected chi connectivity index (χ2v) is 6.43. The fraction of sp³-hybridized carbons (Fsp3) is 0. The van der Waals surface area contributed by atoms with E-state index in [4.69, 9.17) is 5.26 Å². The topological polar surface area (TPSA) is 70.0 Å². The molecule has 1 aromatic heterocycles. The second-order valence-electron chi connectivity index (χ2n) is 3.43. The zero-order valence-electron chi connectivity index (χ0n) is 9.22. The van der Waals surface area contributed by atoms with Gasteiger partial charge in [0.2, 0.25) is 0 Å². The molecule has 8 heteroatoms. The first-order chi connectivity index (χ1) is 8.94. The molecule has 1 N–H and O–H groups in total. The Morgan fingerprint density at radius 3 is 2.32 bits per heavy atom. The molecule has 0 amide bonds. The summed E-state index contributed by atoms with van der Waals surface area (Å²) in [7, 11) is -4.11. The Morgan fingerprint density at radius 2 is 1.79 bits per heavy atom. The van der Waals surface area contributed by atoms with E-state index in [0.29, 0.717) is 11.3 Å². The first-order valence-electron chi connectivity index (χ1n) is 4.91. The van der Waals surface area contributed by atoms with Gasteiger partial charge in [-0.1, -0.05) is 6.07 Å². The van der Waals surface area contributed by atoms with Crippen LogP contribution in [0.1, 0.15) is 4.88 Å². The van der Waals surface area contributed by atoms with Gasteiger partial charge in [0.05, 0.1) is 0 Å². The molecule has 4 nitrogen and oxygen atoms in total. The number of nitrogens with zero attached hydrogens (tertiary/aromatic N) is 1. The van der Waals surface area contributed by atoms with Gasteiger partial charge in [0.1, 0.15) is 32.5 Å². The van der Waals surface area contributed by atoms with E-state index in [1.165, 1.54) is 12.1 Å². The van der Waals surface area contributed by atoms with Crippen molar-refractivity contribution in [3.8, 4) is 6.07 Å².